The van der Waals surface area contributed by atoms with Crippen LogP contribution >= 0.6 is 0 Å². The molecule has 1 aliphatic heterocycles. The first-order chi connectivity index (χ1) is 7.40. The molecule has 6 nitrogen and oxygen atoms in total. The molecule has 2 rings (SSSR count). The Morgan fingerprint density at radius 1 is 1.44 bits per heavy atom. The number of nitrogens with zero attached hydrogens (tertiary/aromatic N) is 1. The van der Waals surface area contributed by atoms with Gasteiger partial charge in [0, 0.05) is 6.07 Å². The van der Waals surface area contributed by atoms with Crippen molar-refractivity contribution in [3.05, 3.63) is 28.3 Å². The summed E-state index contributed by atoms with van der Waals surface area (Å²) < 4.78 is 29.7. The largest absolute Gasteiger partial charge is 0.482 e. The lowest BCUT2D eigenvalue weighted by atomic mass is 10.2. The molecular formula is C8H4F2N2O4. The Morgan fingerprint density at radius 3 is 2.75 bits per heavy atom. The van der Waals surface area contributed by atoms with E-state index in [9.17, 15) is 23.7 Å². The molecule has 1 aromatic rings. The second-order valence-corrected chi connectivity index (χ2v) is 3.01. The number of hydrogen-bond acceptors (Lipinski definition) is 4. The molecule has 0 saturated carbocycles. The van der Waals surface area contributed by atoms with Crippen LogP contribution < -0.4 is 10.1 Å². The number of benzene rings is 1. The molecule has 0 radical (unpaired) electrons. The molecule has 0 fully saturated rings. The van der Waals surface area contributed by atoms with Crippen molar-refractivity contribution in [2.45, 2.75) is 6.11 Å². The molecule has 1 aliphatic rings. The minimum Gasteiger partial charge on any atom is -0.423 e. The van der Waals surface area contributed by atoms with Crippen LogP contribution in [0.25, 0.3) is 0 Å². The Hall–Kier alpha value is -2.25. The van der Waals surface area contributed by atoms with Crippen LogP contribution in [-0.2, 0) is 4.79 Å². The molecule has 0 aromatic heterocycles. The molecule has 1 amide bonds. The molecular weight excluding hydrogens is 226 g/mol. The van der Waals surface area contributed by atoms with E-state index in [1.807, 2.05) is 5.32 Å². The zero-order valence-corrected chi connectivity index (χ0v) is 7.57. The summed E-state index contributed by atoms with van der Waals surface area (Å²) in [5.41, 5.74) is -0.424. The number of nitro groups is 1. The fourth-order valence-electron chi connectivity index (χ4n) is 1.19. The molecule has 1 aromatic carbocycles. The van der Waals surface area contributed by atoms with Crippen LogP contribution in [-0.4, -0.2) is 16.9 Å². The highest BCUT2D eigenvalue weighted by Gasteiger charge is 2.46. The molecule has 1 heterocycles. The van der Waals surface area contributed by atoms with Gasteiger partial charge in [-0.3, -0.25) is 14.9 Å². The van der Waals surface area contributed by atoms with Crippen molar-refractivity contribution in [1.29, 1.82) is 0 Å². The molecule has 0 aliphatic carbocycles. The third kappa shape index (κ3) is 1.53. The van der Waals surface area contributed by atoms with Gasteiger partial charge >= 0.3 is 12.0 Å². The van der Waals surface area contributed by atoms with Crippen molar-refractivity contribution < 1.29 is 23.2 Å². The first-order valence-corrected chi connectivity index (χ1v) is 4.07. The van der Waals surface area contributed by atoms with Gasteiger partial charge in [0.1, 0.15) is 0 Å². The normalized spacial score (nSPS) is 17.0. The lowest BCUT2D eigenvalue weighted by Gasteiger charge is -2.24. The van der Waals surface area contributed by atoms with Gasteiger partial charge in [0.25, 0.3) is 5.69 Å². The van der Waals surface area contributed by atoms with Crippen LogP contribution in [0.5, 0.6) is 5.75 Å². The molecule has 0 saturated heterocycles. The highest BCUT2D eigenvalue weighted by molar-refractivity contribution is 5.98. The predicted octanol–water partition coefficient (Wildman–Crippen LogP) is 1.52. The third-order valence-electron chi connectivity index (χ3n) is 1.93. The Labute approximate surface area is 87.0 Å². The fraction of sp³-hybridized carbons (Fsp3) is 0.125. The number of carbonyl (C=O) groups excluding carboxylic acids is 1. The summed E-state index contributed by atoms with van der Waals surface area (Å²) in [6, 6.07) is 3.02. The van der Waals surface area contributed by atoms with E-state index in [1.165, 1.54) is 0 Å². The van der Waals surface area contributed by atoms with Crippen molar-refractivity contribution in [1.82, 2.24) is 0 Å². The van der Waals surface area contributed by atoms with Crippen molar-refractivity contribution in [2.75, 3.05) is 5.32 Å². The quantitative estimate of drug-likeness (QED) is 0.585. The highest BCUT2D eigenvalue weighted by Crippen LogP contribution is 2.37. The van der Waals surface area contributed by atoms with Gasteiger partial charge in [0.15, 0.2) is 5.75 Å². The molecule has 0 unspecified atom stereocenters. The van der Waals surface area contributed by atoms with Crippen LogP contribution in [0, 0.1) is 10.1 Å². The van der Waals surface area contributed by atoms with Crippen molar-refractivity contribution in [2.24, 2.45) is 0 Å². The fourth-order valence-corrected chi connectivity index (χ4v) is 1.19. The molecule has 0 spiro atoms. The number of alkyl halides is 2. The average Bonchev–Trinajstić information content (AvgIpc) is 2.18. The first-order valence-electron chi connectivity index (χ1n) is 4.07. The van der Waals surface area contributed by atoms with Gasteiger partial charge in [-0.25, -0.2) is 0 Å². The molecule has 0 atom stereocenters. The summed E-state index contributed by atoms with van der Waals surface area (Å²) in [5.74, 6) is -2.03. The summed E-state index contributed by atoms with van der Waals surface area (Å²) in [6.07, 6.45) is -4.01. The second kappa shape index (κ2) is 3.12. The van der Waals surface area contributed by atoms with Crippen molar-refractivity contribution in [3.63, 3.8) is 0 Å². The van der Waals surface area contributed by atoms with E-state index < -0.39 is 28.4 Å². The molecule has 84 valence electrons. The lowest BCUT2D eigenvalue weighted by molar-refractivity contribution is -0.385. The molecule has 16 heavy (non-hydrogen) atoms. The van der Waals surface area contributed by atoms with Crippen LogP contribution in [0.1, 0.15) is 0 Å². The zero-order chi connectivity index (χ0) is 11.9. The number of nitrogens with one attached hydrogen (secondary N) is 1. The smallest absolute Gasteiger partial charge is 0.423 e. The van der Waals surface area contributed by atoms with E-state index in [-0.39, 0.29) is 5.69 Å². The number of ether oxygens (including phenoxy) is 1. The number of amides is 1. The maximum absolute atomic E-state index is 12.8. The number of carbonyl (C=O) groups is 1. The first kappa shape index (κ1) is 10.3. The summed E-state index contributed by atoms with van der Waals surface area (Å²) in [6.45, 7) is 0. The third-order valence-corrected chi connectivity index (χ3v) is 1.93. The molecule has 1 N–H and O–H groups in total. The van der Waals surface area contributed by atoms with E-state index in [2.05, 4.69) is 4.74 Å². The SMILES string of the molecule is O=C1Nc2ccc([N+](=O)[O-])cc2OC1(F)F. The number of anilines is 1. The predicted molar refractivity (Wildman–Crippen MR) is 47.3 cm³/mol. The number of hydrogen-bond donors (Lipinski definition) is 1. The van der Waals surface area contributed by atoms with Crippen LogP contribution in [0.2, 0.25) is 0 Å². The van der Waals surface area contributed by atoms with Crippen LogP contribution in [0.15, 0.2) is 18.2 Å². The Bertz CT molecular complexity index is 489. The van der Waals surface area contributed by atoms with Gasteiger partial charge in [-0.05, 0) is 6.07 Å². The standard InChI is InChI=1S/C8H4F2N2O4/c9-8(10)7(13)11-5-2-1-4(12(14)15)3-6(5)16-8/h1-3H,(H,11,13). The van der Waals surface area contributed by atoms with Gasteiger partial charge < -0.3 is 10.1 Å². The number of non-ortho nitro benzene ring substituents is 1. The minimum absolute atomic E-state index is 0.0264. The summed E-state index contributed by atoms with van der Waals surface area (Å²) >= 11 is 0. The van der Waals surface area contributed by atoms with E-state index in [0.717, 1.165) is 18.2 Å². The summed E-state index contributed by atoms with van der Waals surface area (Å²) in [5, 5.41) is 12.3. The number of halogens is 2. The Morgan fingerprint density at radius 2 is 2.12 bits per heavy atom. The van der Waals surface area contributed by atoms with Crippen LogP contribution in [0.3, 0.4) is 0 Å². The van der Waals surface area contributed by atoms with Gasteiger partial charge in [-0.15, -0.1) is 0 Å². The van der Waals surface area contributed by atoms with E-state index in [4.69, 9.17) is 0 Å². The van der Waals surface area contributed by atoms with Gasteiger partial charge in [-0.2, -0.15) is 8.78 Å². The van der Waals surface area contributed by atoms with Gasteiger partial charge in [-0.1, -0.05) is 0 Å². The molecule has 0 bridgehead atoms. The van der Waals surface area contributed by atoms with E-state index in [0.29, 0.717) is 0 Å². The van der Waals surface area contributed by atoms with Crippen molar-refractivity contribution >= 4 is 17.3 Å². The monoisotopic (exact) mass is 230 g/mol. The Kier molecular flexibility index (Phi) is 2.00. The van der Waals surface area contributed by atoms with Crippen LogP contribution in [0.4, 0.5) is 20.2 Å². The number of rotatable bonds is 1. The average molecular weight is 230 g/mol. The number of nitro benzene ring substituents is 1. The summed E-state index contributed by atoms with van der Waals surface area (Å²) in [4.78, 5) is 20.4. The Balaban J connectivity index is 2.45. The van der Waals surface area contributed by atoms with E-state index in [1.54, 1.807) is 0 Å². The summed E-state index contributed by atoms with van der Waals surface area (Å²) in [7, 11) is 0. The molecule has 8 heteroatoms. The topological polar surface area (TPSA) is 81.5 Å². The van der Waals surface area contributed by atoms with E-state index >= 15 is 0 Å². The van der Waals surface area contributed by atoms with Crippen molar-refractivity contribution in [3.8, 4) is 5.75 Å². The number of fused-ring (bicyclic) bond motifs is 1. The van der Waals surface area contributed by atoms with Gasteiger partial charge in [0.2, 0.25) is 0 Å². The highest BCUT2D eigenvalue weighted by atomic mass is 19.3. The lowest BCUT2D eigenvalue weighted by Crippen LogP contribution is -2.43. The second-order valence-electron chi connectivity index (χ2n) is 3.01. The maximum Gasteiger partial charge on any atom is 0.482 e. The van der Waals surface area contributed by atoms with Gasteiger partial charge in [0.05, 0.1) is 16.7 Å². The maximum atomic E-state index is 12.8. The zero-order valence-electron chi connectivity index (χ0n) is 7.57. The minimum atomic E-state index is -4.01.